The summed E-state index contributed by atoms with van der Waals surface area (Å²) in [4.78, 5) is 11.3. The van der Waals surface area contributed by atoms with Crippen LogP contribution in [0.25, 0.3) is 5.69 Å². The lowest BCUT2D eigenvalue weighted by atomic mass is 10.2. The van der Waals surface area contributed by atoms with Gasteiger partial charge in [0, 0.05) is 17.5 Å². The largest absolute Gasteiger partial charge is 0.478 e. The van der Waals surface area contributed by atoms with E-state index in [4.69, 9.17) is 0 Å². The first-order chi connectivity index (χ1) is 10.5. The van der Waals surface area contributed by atoms with E-state index in [-0.39, 0.29) is 5.56 Å². The lowest BCUT2D eigenvalue weighted by Crippen LogP contribution is -2.06. The number of aromatic carboxylic acids is 1. The maximum Gasteiger partial charge on any atom is 0.337 e. The number of benzene rings is 1. The molecule has 0 aliphatic rings. The van der Waals surface area contributed by atoms with Crippen LogP contribution in [0.3, 0.4) is 0 Å². The molecule has 6 heteroatoms. The van der Waals surface area contributed by atoms with Gasteiger partial charge in [-0.15, -0.1) is 0 Å². The number of aryl methyl sites for hydroxylation is 2. The van der Waals surface area contributed by atoms with Crippen molar-refractivity contribution < 1.29 is 9.90 Å². The summed E-state index contributed by atoms with van der Waals surface area (Å²) < 4.78 is 3.49. The summed E-state index contributed by atoms with van der Waals surface area (Å²) in [6.07, 6.45) is 3.56. The second kappa shape index (κ2) is 5.48. The van der Waals surface area contributed by atoms with Crippen molar-refractivity contribution >= 4 is 5.97 Å². The fourth-order valence-electron chi connectivity index (χ4n) is 2.44. The Labute approximate surface area is 127 Å². The Bertz CT molecular complexity index is 832. The summed E-state index contributed by atoms with van der Waals surface area (Å²) >= 11 is 0. The Hall–Kier alpha value is -2.89. The van der Waals surface area contributed by atoms with Crippen molar-refractivity contribution in [2.45, 2.75) is 20.4 Å². The van der Waals surface area contributed by atoms with Gasteiger partial charge < -0.3 is 5.11 Å². The van der Waals surface area contributed by atoms with E-state index in [1.165, 1.54) is 0 Å². The zero-order valence-electron chi connectivity index (χ0n) is 12.4. The average Bonchev–Trinajstić information content (AvgIpc) is 3.06. The van der Waals surface area contributed by atoms with Crippen LogP contribution in [0.4, 0.5) is 0 Å². The molecule has 0 fully saturated rings. The zero-order valence-corrected chi connectivity index (χ0v) is 12.4. The second-order valence-electron chi connectivity index (χ2n) is 5.20. The standard InChI is InChI=1S/C16H16N4O2/c1-11-7-12(2)19(18-11)9-13-8-17-20(10-13)15-6-4-3-5-14(15)16(21)22/h3-8,10H,9H2,1-2H3,(H,21,22). The van der Waals surface area contributed by atoms with E-state index in [1.54, 1.807) is 35.1 Å². The molecule has 0 amide bonds. The molecule has 0 bridgehead atoms. The number of carbonyl (C=O) groups is 1. The minimum Gasteiger partial charge on any atom is -0.478 e. The molecule has 0 radical (unpaired) electrons. The molecule has 112 valence electrons. The number of aromatic nitrogens is 4. The van der Waals surface area contributed by atoms with Crippen molar-refractivity contribution in [3.8, 4) is 5.69 Å². The van der Waals surface area contributed by atoms with Gasteiger partial charge in [0.2, 0.25) is 0 Å². The van der Waals surface area contributed by atoms with Crippen LogP contribution in [0, 0.1) is 13.8 Å². The molecule has 0 saturated carbocycles. The average molecular weight is 296 g/mol. The summed E-state index contributed by atoms with van der Waals surface area (Å²) in [7, 11) is 0. The summed E-state index contributed by atoms with van der Waals surface area (Å²) in [6.45, 7) is 4.56. The quantitative estimate of drug-likeness (QED) is 0.802. The number of para-hydroxylation sites is 1. The molecule has 0 unspecified atom stereocenters. The number of hydrogen-bond donors (Lipinski definition) is 1. The summed E-state index contributed by atoms with van der Waals surface area (Å²) in [6, 6.07) is 8.82. The third kappa shape index (κ3) is 2.63. The van der Waals surface area contributed by atoms with Crippen LogP contribution in [-0.2, 0) is 6.54 Å². The summed E-state index contributed by atoms with van der Waals surface area (Å²) in [5, 5.41) is 17.9. The van der Waals surface area contributed by atoms with Crippen molar-refractivity contribution in [1.82, 2.24) is 19.6 Å². The van der Waals surface area contributed by atoms with Gasteiger partial charge in [-0.05, 0) is 32.0 Å². The molecule has 0 aliphatic heterocycles. The number of hydrogen-bond acceptors (Lipinski definition) is 3. The van der Waals surface area contributed by atoms with Crippen LogP contribution >= 0.6 is 0 Å². The van der Waals surface area contributed by atoms with E-state index in [9.17, 15) is 9.90 Å². The van der Waals surface area contributed by atoms with Gasteiger partial charge in [-0.3, -0.25) is 4.68 Å². The van der Waals surface area contributed by atoms with Crippen LogP contribution in [0.1, 0.15) is 27.3 Å². The first-order valence-corrected chi connectivity index (χ1v) is 6.92. The van der Waals surface area contributed by atoms with Gasteiger partial charge in [0.25, 0.3) is 0 Å². The predicted molar refractivity (Wildman–Crippen MR) is 81.3 cm³/mol. The van der Waals surface area contributed by atoms with E-state index in [0.717, 1.165) is 17.0 Å². The van der Waals surface area contributed by atoms with Crippen LogP contribution in [0.15, 0.2) is 42.7 Å². The molecule has 0 spiro atoms. The Balaban J connectivity index is 1.91. The summed E-state index contributed by atoms with van der Waals surface area (Å²) in [5.41, 5.74) is 3.79. The van der Waals surface area contributed by atoms with Crippen LogP contribution < -0.4 is 0 Å². The third-order valence-corrected chi connectivity index (χ3v) is 3.45. The molecule has 1 aromatic carbocycles. The number of nitrogens with zero attached hydrogens (tertiary/aromatic N) is 4. The van der Waals surface area contributed by atoms with Gasteiger partial charge in [0.1, 0.15) is 0 Å². The highest BCUT2D eigenvalue weighted by atomic mass is 16.4. The first kappa shape index (κ1) is 14.1. The lowest BCUT2D eigenvalue weighted by Gasteiger charge is -2.05. The fourth-order valence-corrected chi connectivity index (χ4v) is 2.44. The van der Waals surface area contributed by atoms with Crippen molar-refractivity contribution in [2.24, 2.45) is 0 Å². The molecule has 22 heavy (non-hydrogen) atoms. The Morgan fingerprint density at radius 2 is 2.05 bits per heavy atom. The molecular formula is C16H16N4O2. The van der Waals surface area contributed by atoms with Gasteiger partial charge in [-0.2, -0.15) is 10.2 Å². The highest BCUT2D eigenvalue weighted by molar-refractivity contribution is 5.91. The zero-order chi connectivity index (χ0) is 15.7. The molecule has 3 rings (SSSR count). The van der Waals surface area contributed by atoms with Gasteiger partial charge in [0.15, 0.2) is 0 Å². The Morgan fingerprint density at radius 1 is 1.27 bits per heavy atom. The van der Waals surface area contributed by atoms with Crippen LogP contribution in [0.5, 0.6) is 0 Å². The number of carboxylic acid groups (broad SMARTS) is 1. The van der Waals surface area contributed by atoms with Crippen molar-refractivity contribution in [1.29, 1.82) is 0 Å². The normalized spacial score (nSPS) is 10.8. The number of rotatable bonds is 4. The van der Waals surface area contributed by atoms with Gasteiger partial charge >= 0.3 is 5.97 Å². The topological polar surface area (TPSA) is 72.9 Å². The van der Waals surface area contributed by atoms with Gasteiger partial charge in [-0.25, -0.2) is 9.48 Å². The van der Waals surface area contributed by atoms with E-state index in [0.29, 0.717) is 12.2 Å². The Kier molecular flexibility index (Phi) is 3.50. The summed E-state index contributed by atoms with van der Waals surface area (Å²) in [5.74, 6) is -0.966. The van der Waals surface area contributed by atoms with Crippen molar-refractivity contribution in [2.75, 3.05) is 0 Å². The minimum atomic E-state index is -0.966. The molecule has 0 atom stereocenters. The maximum absolute atomic E-state index is 11.3. The molecule has 3 aromatic rings. The van der Waals surface area contributed by atoms with E-state index in [2.05, 4.69) is 10.2 Å². The molecule has 0 aliphatic carbocycles. The third-order valence-electron chi connectivity index (χ3n) is 3.45. The van der Waals surface area contributed by atoms with Crippen molar-refractivity contribution in [3.63, 3.8) is 0 Å². The maximum atomic E-state index is 11.3. The van der Waals surface area contributed by atoms with Gasteiger partial charge in [0.05, 0.1) is 29.7 Å². The molecule has 1 N–H and O–H groups in total. The predicted octanol–water partition coefficient (Wildman–Crippen LogP) is 2.43. The van der Waals surface area contributed by atoms with Crippen molar-refractivity contribution in [3.05, 3.63) is 65.2 Å². The Morgan fingerprint density at radius 3 is 2.73 bits per heavy atom. The number of carboxylic acids is 1. The van der Waals surface area contributed by atoms with Crippen LogP contribution in [0.2, 0.25) is 0 Å². The monoisotopic (exact) mass is 296 g/mol. The van der Waals surface area contributed by atoms with E-state index in [1.807, 2.05) is 30.8 Å². The highest BCUT2D eigenvalue weighted by Crippen LogP contribution is 2.15. The van der Waals surface area contributed by atoms with E-state index >= 15 is 0 Å². The molecule has 2 heterocycles. The smallest absolute Gasteiger partial charge is 0.337 e. The lowest BCUT2D eigenvalue weighted by molar-refractivity contribution is 0.0696. The minimum absolute atomic E-state index is 0.225. The highest BCUT2D eigenvalue weighted by Gasteiger charge is 2.12. The molecule has 2 aromatic heterocycles. The first-order valence-electron chi connectivity index (χ1n) is 6.92. The van der Waals surface area contributed by atoms with E-state index < -0.39 is 5.97 Å². The fraction of sp³-hybridized carbons (Fsp3) is 0.188. The van der Waals surface area contributed by atoms with Crippen LogP contribution in [-0.4, -0.2) is 30.6 Å². The second-order valence-corrected chi connectivity index (χ2v) is 5.20. The molecular weight excluding hydrogens is 280 g/mol. The molecule has 0 saturated heterocycles. The molecule has 6 nitrogen and oxygen atoms in total. The SMILES string of the molecule is Cc1cc(C)n(Cc2cnn(-c3ccccc3C(=O)O)c2)n1. The van der Waals surface area contributed by atoms with Gasteiger partial charge in [-0.1, -0.05) is 12.1 Å².